The lowest BCUT2D eigenvalue weighted by atomic mass is 10.0. The summed E-state index contributed by atoms with van der Waals surface area (Å²) < 4.78 is 11.5. The average Bonchev–Trinajstić information content (AvgIpc) is 2.50. The number of halogens is 1. The molecule has 0 fully saturated rings. The molecule has 21 heavy (non-hydrogen) atoms. The van der Waals surface area contributed by atoms with E-state index < -0.39 is 6.10 Å². The van der Waals surface area contributed by atoms with Crippen molar-refractivity contribution in [3.05, 3.63) is 58.1 Å². The van der Waals surface area contributed by atoms with E-state index in [1.165, 1.54) is 0 Å². The molecule has 2 aromatic rings. The molecule has 0 bridgehead atoms. The number of rotatable bonds is 6. The highest BCUT2D eigenvalue weighted by atomic mass is 79.9. The Labute approximate surface area is 133 Å². The van der Waals surface area contributed by atoms with Crippen molar-refractivity contribution in [2.24, 2.45) is 0 Å². The topological polar surface area (TPSA) is 38.7 Å². The Balaban J connectivity index is 2.08. The lowest BCUT2D eigenvalue weighted by molar-refractivity contribution is 0.178. The van der Waals surface area contributed by atoms with Gasteiger partial charge in [0.1, 0.15) is 11.5 Å². The minimum Gasteiger partial charge on any atom is -0.497 e. The lowest BCUT2D eigenvalue weighted by Crippen LogP contribution is -2.02. The average molecular weight is 351 g/mol. The Kier molecular flexibility index (Phi) is 5.65. The lowest BCUT2D eigenvalue weighted by Gasteiger charge is -2.14. The standard InChI is InChI=1S/C17H19BrO3/c1-3-21-17-9-6-13(11-15(17)18)16(19)10-12-4-7-14(20-2)8-5-12/h4-9,11,16,19H,3,10H2,1-2H3. The van der Waals surface area contributed by atoms with Gasteiger partial charge in [-0.25, -0.2) is 0 Å². The van der Waals surface area contributed by atoms with E-state index >= 15 is 0 Å². The van der Waals surface area contributed by atoms with Gasteiger partial charge in [0.05, 0.1) is 24.3 Å². The monoisotopic (exact) mass is 350 g/mol. The van der Waals surface area contributed by atoms with E-state index in [9.17, 15) is 5.11 Å². The Morgan fingerprint density at radius 2 is 1.86 bits per heavy atom. The zero-order valence-electron chi connectivity index (χ0n) is 12.2. The quantitative estimate of drug-likeness (QED) is 0.850. The van der Waals surface area contributed by atoms with Crippen LogP contribution in [0.4, 0.5) is 0 Å². The van der Waals surface area contributed by atoms with Gasteiger partial charge in [-0.05, 0) is 58.2 Å². The van der Waals surface area contributed by atoms with Crippen molar-refractivity contribution >= 4 is 15.9 Å². The number of ether oxygens (including phenoxy) is 2. The molecule has 0 aliphatic heterocycles. The largest absolute Gasteiger partial charge is 0.497 e. The van der Waals surface area contributed by atoms with Gasteiger partial charge in [0.15, 0.2) is 0 Å². The second-order valence-corrected chi connectivity index (χ2v) is 5.55. The third-order valence-electron chi connectivity index (χ3n) is 3.23. The van der Waals surface area contributed by atoms with Gasteiger partial charge in [-0.1, -0.05) is 18.2 Å². The summed E-state index contributed by atoms with van der Waals surface area (Å²) in [7, 11) is 1.64. The third kappa shape index (κ3) is 4.22. The maximum Gasteiger partial charge on any atom is 0.133 e. The third-order valence-corrected chi connectivity index (χ3v) is 3.85. The summed E-state index contributed by atoms with van der Waals surface area (Å²) in [6.45, 7) is 2.56. The van der Waals surface area contributed by atoms with Crippen LogP contribution in [-0.4, -0.2) is 18.8 Å². The first-order chi connectivity index (χ1) is 10.1. The first kappa shape index (κ1) is 15.9. The molecule has 0 radical (unpaired) electrons. The van der Waals surface area contributed by atoms with Crippen molar-refractivity contribution in [3.63, 3.8) is 0 Å². The predicted octanol–water partition coefficient (Wildman–Crippen LogP) is 4.13. The maximum absolute atomic E-state index is 10.4. The molecule has 0 aromatic heterocycles. The second-order valence-electron chi connectivity index (χ2n) is 4.69. The molecule has 0 aliphatic rings. The number of aliphatic hydroxyl groups excluding tert-OH is 1. The van der Waals surface area contributed by atoms with Crippen LogP contribution in [-0.2, 0) is 6.42 Å². The van der Waals surface area contributed by atoms with Crippen molar-refractivity contribution in [2.75, 3.05) is 13.7 Å². The van der Waals surface area contributed by atoms with Gasteiger partial charge in [0.2, 0.25) is 0 Å². The van der Waals surface area contributed by atoms with Crippen LogP contribution in [0.25, 0.3) is 0 Å². The summed E-state index contributed by atoms with van der Waals surface area (Å²) in [6, 6.07) is 13.4. The van der Waals surface area contributed by atoms with Crippen molar-refractivity contribution in [2.45, 2.75) is 19.4 Å². The molecular weight excluding hydrogens is 332 g/mol. The van der Waals surface area contributed by atoms with Crippen LogP contribution in [0.1, 0.15) is 24.2 Å². The second kappa shape index (κ2) is 7.48. The highest BCUT2D eigenvalue weighted by molar-refractivity contribution is 9.10. The molecular formula is C17H19BrO3. The van der Waals surface area contributed by atoms with Gasteiger partial charge in [-0.15, -0.1) is 0 Å². The van der Waals surface area contributed by atoms with Gasteiger partial charge in [0.25, 0.3) is 0 Å². The van der Waals surface area contributed by atoms with Gasteiger partial charge in [0, 0.05) is 6.42 Å². The van der Waals surface area contributed by atoms with Crippen LogP contribution in [0, 0.1) is 0 Å². The van der Waals surface area contributed by atoms with E-state index in [-0.39, 0.29) is 0 Å². The van der Waals surface area contributed by atoms with E-state index in [1.807, 2.05) is 49.4 Å². The summed E-state index contributed by atoms with van der Waals surface area (Å²) >= 11 is 3.47. The number of methoxy groups -OCH3 is 1. The van der Waals surface area contributed by atoms with Crippen LogP contribution < -0.4 is 9.47 Å². The minimum atomic E-state index is -0.551. The van der Waals surface area contributed by atoms with Crippen LogP contribution in [0.15, 0.2) is 46.9 Å². The van der Waals surface area contributed by atoms with E-state index in [2.05, 4.69) is 15.9 Å². The predicted molar refractivity (Wildman–Crippen MR) is 87.0 cm³/mol. The zero-order chi connectivity index (χ0) is 15.2. The fraction of sp³-hybridized carbons (Fsp3) is 0.294. The number of hydrogen-bond acceptors (Lipinski definition) is 3. The molecule has 0 saturated heterocycles. The SMILES string of the molecule is CCOc1ccc(C(O)Cc2ccc(OC)cc2)cc1Br. The fourth-order valence-electron chi connectivity index (χ4n) is 2.10. The molecule has 112 valence electrons. The highest BCUT2D eigenvalue weighted by Crippen LogP contribution is 2.29. The molecule has 0 heterocycles. The van der Waals surface area contributed by atoms with Crippen molar-refractivity contribution in [3.8, 4) is 11.5 Å². The van der Waals surface area contributed by atoms with E-state index in [4.69, 9.17) is 9.47 Å². The van der Waals surface area contributed by atoms with Crippen LogP contribution in [0.3, 0.4) is 0 Å². The Morgan fingerprint density at radius 1 is 1.14 bits per heavy atom. The van der Waals surface area contributed by atoms with Crippen molar-refractivity contribution < 1.29 is 14.6 Å². The van der Waals surface area contributed by atoms with Gasteiger partial charge < -0.3 is 14.6 Å². The maximum atomic E-state index is 10.4. The number of aliphatic hydroxyl groups is 1. The number of benzene rings is 2. The Hall–Kier alpha value is -1.52. The molecule has 0 spiro atoms. The molecule has 3 nitrogen and oxygen atoms in total. The van der Waals surface area contributed by atoms with Crippen LogP contribution in [0.5, 0.6) is 11.5 Å². The molecule has 2 aromatic carbocycles. The summed E-state index contributed by atoms with van der Waals surface area (Å²) in [5.41, 5.74) is 1.93. The normalized spacial score (nSPS) is 12.0. The van der Waals surface area contributed by atoms with Crippen molar-refractivity contribution in [1.82, 2.24) is 0 Å². The summed E-state index contributed by atoms with van der Waals surface area (Å²) in [5.74, 6) is 1.61. The van der Waals surface area contributed by atoms with Gasteiger partial charge in [-0.3, -0.25) is 0 Å². The molecule has 0 aliphatic carbocycles. The molecule has 1 N–H and O–H groups in total. The highest BCUT2D eigenvalue weighted by Gasteiger charge is 2.11. The summed E-state index contributed by atoms with van der Waals surface area (Å²) in [5, 5.41) is 10.4. The van der Waals surface area contributed by atoms with Gasteiger partial charge in [-0.2, -0.15) is 0 Å². The smallest absolute Gasteiger partial charge is 0.133 e. The Morgan fingerprint density at radius 3 is 2.43 bits per heavy atom. The Bertz CT molecular complexity index is 581. The fourth-order valence-corrected chi connectivity index (χ4v) is 2.61. The molecule has 1 unspecified atom stereocenters. The molecule has 2 rings (SSSR count). The van der Waals surface area contributed by atoms with Gasteiger partial charge >= 0.3 is 0 Å². The first-order valence-corrected chi connectivity index (χ1v) is 7.66. The van der Waals surface area contributed by atoms with Crippen LogP contribution in [0.2, 0.25) is 0 Å². The summed E-state index contributed by atoms with van der Waals surface area (Å²) in [6.07, 6.45) is 0.00935. The minimum absolute atomic E-state index is 0.551. The summed E-state index contributed by atoms with van der Waals surface area (Å²) in [4.78, 5) is 0. The van der Waals surface area contributed by atoms with Crippen molar-refractivity contribution in [1.29, 1.82) is 0 Å². The van der Waals surface area contributed by atoms with E-state index in [0.717, 1.165) is 27.1 Å². The number of hydrogen-bond donors (Lipinski definition) is 1. The molecule has 1 atom stereocenters. The molecule has 0 saturated carbocycles. The van der Waals surface area contributed by atoms with Crippen LogP contribution >= 0.6 is 15.9 Å². The molecule has 0 amide bonds. The van der Waals surface area contributed by atoms with E-state index in [1.54, 1.807) is 7.11 Å². The zero-order valence-corrected chi connectivity index (χ0v) is 13.8. The first-order valence-electron chi connectivity index (χ1n) is 6.87. The van der Waals surface area contributed by atoms with E-state index in [0.29, 0.717) is 13.0 Å². The molecule has 4 heteroatoms.